The standard InChI is InChI=1S/C17H16N2O3S2/c1-10(15-18-19-16(22-15)13-7-4-8-23-13)21-17(20)14-9-11-5-2-3-6-12(11)24-14/h4,7-10H,2-3,5-6H2,1H3/t10-/m0/s1. The zero-order chi connectivity index (χ0) is 16.5. The number of aromatic nitrogens is 2. The van der Waals surface area contributed by atoms with Gasteiger partial charge in [0.1, 0.15) is 4.88 Å². The number of nitrogens with zero attached hydrogens (tertiary/aromatic N) is 2. The molecular weight excluding hydrogens is 344 g/mol. The topological polar surface area (TPSA) is 65.2 Å². The van der Waals surface area contributed by atoms with Gasteiger partial charge in [-0.2, -0.15) is 0 Å². The van der Waals surface area contributed by atoms with Crippen LogP contribution in [0.25, 0.3) is 10.8 Å². The van der Waals surface area contributed by atoms with Crippen molar-refractivity contribution >= 4 is 28.6 Å². The lowest BCUT2D eigenvalue weighted by Gasteiger charge is -2.08. The van der Waals surface area contributed by atoms with Crippen molar-refractivity contribution in [3.63, 3.8) is 0 Å². The van der Waals surface area contributed by atoms with E-state index in [2.05, 4.69) is 10.2 Å². The number of rotatable bonds is 4. The van der Waals surface area contributed by atoms with E-state index in [9.17, 15) is 4.79 Å². The third kappa shape index (κ3) is 3.01. The summed E-state index contributed by atoms with van der Waals surface area (Å²) >= 11 is 3.07. The smallest absolute Gasteiger partial charge is 0.349 e. The van der Waals surface area contributed by atoms with E-state index in [-0.39, 0.29) is 5.97 Å². The molecule has 0 fully saturated rings. The van der Waals surface area contributed by atoms with Crippen molar-refractivity contribution in [1.82, 2.24) is 10.2 Å². The Kier molecular flexibility index (Phi) is 4.20. The Morgan fingerprint density at radius 2 is 2.21 bits per heavy atom. The maximum Gasteiger partial charge on any atom is 0.349 e. The third-order valence-electron chi connectivity index (χ3n) is 4.00. The summed E-state index contributed by atoms with van der Waals surface area (Å²) in [7, 11) is 0. The highest BCUT2D eigenvalue weighted by Gasteiger charge is 2.23. The number of carbonyl (C=O) groups excluding carboxylic acids is 1. The van der Waals surface area contributed by atoms with Crippen LogP contribution in [0.3, 0.4) is 0 Å². The lowest BCUT2D eigenvalue weighted by Crippen LogP contribution is -2.08. The molecule has 1 atom stereocenters. The van der Waals surface area contributed by atoms with Gasteiger partial charge in [-0.3, -0.25) is 0 Å². The van der Waals surface area contributed by atoms with Crippen LogP contribution in [0.1, 0.15) is 51.9 Å². The summed E-state index contributed by atoms with van der Waals surface area (Å²) in [4.78, 5) is 15.3. The Balaban J connectivity index is 1.46. The molecule has 0 aliphatic heterocycles. The molecule has 5 nitrogen and oxygen atoms in total. The summed E-state index contributed by atoms with van der Waals surface area (Å²) in [5.74, 6) is 0.445. The zero-order valence-electron chi connectivity index (χ0n) is 13.2. The Morgan fingerprint density at radius 1 is 1.33 bits per heavy atom. The molecule has 0 spiro atoms. The fraction of sp³-hybridized carbons (Fsp3) is 0.353. The van der Waals surface area contributed by atoms with Gasteiger partial charge in [0.15, 0.2) is 6.10 Å². The first-order valence-electron chi connectivity index (χ1n) is 7.90. The number of aryl methyl sites for hydroxylation is 2. The number of esters is 1. The number of thiophene rings is 2. The minimum atomic E-state index is -0.571. The first kappa shape index (κ1) is 15.5. The predicted octanol–water partition coefficient (Wildman–Crippen LogP) is 4.66. The summed E-state index contributed by atoms with van der Waals surface area (Å²) in [6.07, 6.45) is 3.95. The van der Waals surface area contributed by atoms with Crippen LogP contribution in [0.2, 0.25) is 0 Å². The fourth-order valence-electron chi connectivity index (χ4n) is 2.76. The summed E-state index contributed by atoms with van der Waals surface area (Å²) in [5, 5.41) is 9.96. The van der Waals surface area contributed by atoms with Gasteiger partial charge in [0.2, 0.25) is 0 Å². The van der Waals surface area contributed by atoms with Crippen LogP contribution < -0.4 is 0 Å². The van der Waals surface area contributed by atoms with Gasteiger partial charge in [-0.05, 0) is 55.7 Å². The molecule has 3 aromatic rings. The summed E-state index contributed by atoms with van der Waals surface area (Å²) < 4.78 is 11.1. The second kappa shape index (κ2) is 6.49. The van der Waals surface area contributed by atoms with Crippen LogP contribution in [-0.2, 0) is 17.6 Å². The molecule has 0 aromatic carbocycles. The second-order valence-electron chi connectivity index (χ2n) is 5.74. The third-order valence-corrected chi connectivity index (χ3v) is 6.08. The molecule has 0 radical (unpaired) electrons. The van der Waals surface area contributed by atoms with Crippen molar-refractivity contribution < 1.29 is 13.9 Å². The van der Waals surface area contributed by atoms with E-state index >= 15 is 0 Å². The van der Waals surface area contributed by atoms with Crippen molar-refractivity contribution in [1.29, 1.82) is 0 Å². The highest BCUT2D eigenvalue weighted by atomic mass is 32.1. The Hall–Kier alpha value is -1.99. The molecule has 3 aromatic heterocycles. The van der Waals surface area contributed by atoms with Crippen molar-refractivity contribution in [3.8, 4) is 10.8 Å². The monoisotopic (exact) mass is 360 g/mol. The Labute approximate surface area is 147 Å². The quantitative estimate of drug-likeness (QED) is 0.633. The highest BCUT2D eigenvalue weighted by molar-refractivity contribution is 7.14. The van der Waals surface area contributed by atoms with E-state index in [1.54, 1.807) is 18.3 Å². The molecule has 1 aliphatic carbocycles. The largest absolute Gasteiger partial charge is 0.448 e. The van der Waals surface area contributed by atoms with Gasteiger partial charge in [-0.1, -0.05) is 6.07 Å². The number of carbonyl (C=O) groups is 1. The van der Waals surface area contributed by atoms with E-state index in [1.165, 1.54) is 34.6 Å². The molecule has 4 rings (SSSR count). The SMILES string of the molecule is C[C@H](OC(=O)c1cc2c(s1)CCCC2)c1nnc(-c2cccs2)o1. The zero-order valence-corrected chi connectivity index (χ0v) is 14.8. The first-order valence-corrected chi connectivity index (χ1v) is 9.60. The van der Waals surface area contributed by atoms with Gasteiger partial charge in [-0.15, -0.1) is 32.9 Å². The molecule has 7 heteroatoms. The summed E-state index contributed by atoms with van der Waals surface area (Å²) in [5.41, 5.74) is 1.30. The molecule has 3 heterocycles. The van der Waals surface area contributed by atoms with E-state index in [0.717, 1.165) is 17.7 Å². The lowest BCUT2D eigenvalue weighted by molar-refractivity contribution is 0.0285. The number of hydrogen-bond acceptors (Lipinski definition) is 7. The predicted molar refractivity (Wildman–Crippen MR) is 92.4 cm³/mol. The maximum atomic E-state index is 12.4. The molecule has 0 saturated heterocycles. The summed E-state index contributed by atoms with van der Waals surface area (Å²) in [6, 6.07) is 5.81. The maximum absolute atomic E-state index is 12.4. The van der Waals surface area contributed by atoms with E-state index < -0.39 is 6.10 Å². The van der Waals surface area contributed by atoms with Gasteiger partial charge < -0.3 is 9.15 Å². The van der Waals surface area contributed by atoms with Crippen molar-refractivity contribution in [3.05, 3.63) is 44.8 Å². The van der Waals surface area contributed by atoms with Crippen LogP contribution in [-0.4, -0.2) is 16.2 Å². The molecule has 0 saturated carbocycles. The molecule has 0 amide bonds. The normalized spacial score (nSPS) is 15.0. The molecule has 0 N–H and O–H groups in total. The summed E-state index contributed by atoms with van der Waals surface area (Å²) in [6.45, 7) is 1.75. The lowest BCUT2D eigenvalue weighted by atomic mass is 9.99. The van der Waals surface area contributed by atoms with Crippen molar-refractivity contribution in [2.45, 2.75) is 38.7 Å². The number of ether oxygens (including phenoxy) is 1. The first-order chi connectivity index (χ1) is 11.7. The molecule has 24 heavy (non-hydrogen) atoms. The highest BCUT2D eigenvalue weighted by Crippen LogP contribution is 2.31. The minimum absolute atomic E-state index is 0.313. The Bertz CT molecular complexity index is 828. The second-order valence-corrected chi connectivity index (χ2v) is 7.82. The van der Waals surface area contributed by atoms with E-state index in [4.69, 9.17) is 9.15 Å². The van der Waals surface area contributed by atoms with Crippen LogP contribution in [0.5, 0.6) is 0 Å². The van der Waals surface area contributed by atoms with Gasteiger partial charge >= 0.3 is 5.97 Å². The van der Waals surface area contributed by atoms with Crippen LogP contribution in [0.4, 0.5) is 0 Å². The van der Waals surface area contributed by atoms with Crippen LogP contribution in [0.15, 0.2) is 28.0 Å². The van der Waals surface area contributed by atoms with Crippen LogP contribution in [0, 0.1) is 0 Å². The van der Waals surface area contributed by atoms with Crippen LogP contribution >= 0.6 is 22.7 Å². The van der Waals surface area contributed by atoms with Crippen molar-refractivity contribution in [2.75, 3.05) is 0 Å². The molecule has 1 aliphatic rings. The number of hydrogen-bond donors (Lipinski definition) is 0. The fourth-order valence-corrected chi connectivity index (χ4v) is 4.54. The average Bonchev–Trinajstić information content (AvgIpc) is 3.32. The van der Waals surface area contributed by atoms with Gasteiger partial charge in [0, 0.05) is 4.88 Å². The van der Waals surface area contributed by atoms with Crippen molar-refractivity contribution in [2.24, 2.45) is 0 Å². The number of fused-ring (bicyclic) bond motifs is 1. The van der Waals surface area contributed by atoms with E-state index in [1.807, 2.05) is 23.6 Å². The van der Waals surface area contributed by atoms with Gasteiger partial charge in [-0.25, -0.2) is 4.79 Å². The molecular formula is C17H16N2O3S2. The van der Waals surface area contributed by atoms with Gasteiger partial charge in [0.25, 0.3) is 11.8 Å². The Morgan fingerprint density at radius 3 is 3.00 bits per heavy atom. The van der Waals surface area contributed by atoms with Gasteiger partial charge in [0.05, 0.1) is 4.88 Å². The molecule has 124 valence electrons. The average molecular weight is 360 g/mol. The van der Waals surface area contributed by atoms with E-state index in [0.29, 0.717) is 16.7 Å². The molecule has 0 unspecified atom stereocenters. The minimum Gasteiger partial charge on any atom is -0.448 e. The molecule has 0 bridgehead atoms.